The molecule has 0 aromatic heterocycles. The summed E-state index contributed by atoms with van der Waals surface area (Å²) >= 11 is 0. The molecular weight excluding hydrogens is 312 g/mol. The van der Waals surface area contributed by atoms with Crippen LogP contribution in [0, 0.1) is 5.92 Å². The molecule has 0 amide bonds. The van der Waals surface area contributed by atoms with Gasteiger partial charge in [0.1, 0.15) is 0 Å². The molecule has 6 heteroatoms. The van der Waals surface area contributed by atoms with Crippen molar-refractivity contribution >= 4 is 17.9 Å². The minimum absolute atomic E-state index is 0.100. The third-order valence-corrected chi connectivity index (χ3v) is 3.16. The highest BCUT2D eigenvalue weighted by atomic mass is 16.5. The van der Waals surface area contributed by atoms with E-state index in [1.807, 2.05) is 20.8 Å². The molecule has 138 valence electrons. The molecule has 0 fully saturated rings. The van der Waals surface area contributed by atoms with Gasteiger partial charge in [0, 0.05) is 12.0 Å². The zero-order valence-corrected chi connectivity index (χ0v) is 15.1. The van der Waals surface area contributed by atoms with Crippen molar-refractivity contribution < 1.29 is 28.6 Å². The summed E-state index contributed by atoms with van der Waals surface area (Å²) in [5.41, 5.74) is 0.212. The van der Waals surface area contributed by atoms with Crippen molar-refractivity contribution in [2.75, 3.05) is 19.8 Å². The standard InChI is InChI=1S/C18H30O6/c1-5-10-22-16(19)9-8-15(18(21)24-12-7-3)13-14(4)17(20)23-11-6-2/h15H,4-13H2,1-3H3. The summed E-state index contributed by atoms with van der Waals surface area (Å²) in [4.78, 5) is 35.5. The van der Waals surface area contributed by atoms with Crippen molar-refractivity contribution in [1.29, 1.82) is 0 Å². The number of ether oxygens (including phenoxy) is 3. The maximum absolute atomic E-state index is 12.1. The lowest BCUT2D eigenvalue weighted by Crippen LogP contribution is -2.22. The molecule has 0 spiro atoms. The van der Waals surface area contributed by atoms with Crippen molar-refractivity contribution in [3.8, 4) is 0 Å². The zero-order chi connectivity index (χ0) is 18.4. The number of hydrogen-bond donors (Lipinski definition) is 0. The Morgan fingerprint density at radius 3 is 2.00 bits per heavy atom. The molecule has 1 unspecified atom stereocenters. The number of carbonyl (C=O) groups is 3. The molecule has 0 rings (SSSR count). The number of esters is 3. The monoisotopic (exact) mass is 342 g/mol. The third-order valence-electron chi connectivity index (χ3n) is 3.16. The molecule has 24 heavy (non-hydrogen) atoms. The molecule has 0 aliphatic heterocycles. The molecule has 1 atom stereocenters. The molecule has 0 aromatic carbocycles. The molecule has 0 saturated heterocycles. The highest BCUT2D eigenvalue weighted by molar-refractivity contribution is 5.88. The van der Waals surface area contributed by atoms with E-state index in [9.17, 15) is 14.4 Å². The molecule has 0 aliphatic rings. The van der Waals surface area contributed by atoms with Gasteiger partial charge in [0.25, 0.3) is 0 Å². The van der Waals surface area contributed by atoms with Crippen LogP contribution in [0.15, 0.2) is 12.2 Å². The summed E-state index contributed by atoms with van der Waals surface area (Å²) in [5, 5.41) is 0. The summed E-state index contributed by atoms with van der Waals surface area (Å²) in [6.07, 6.45) is 2.63. The van der Waals surface area contributed by atoms with Gasteiger partial charge in [-0.2, -0.15) is 0 Å². The van der Waals surface area contributed by atoms with Crippen LogP contribution < -0.4 is 0 Å². The Hall–Kier alpha value is -1.85. The molecule has 0 N–H and O–H groups in total. The van der Waals surface area contributed by atoms with Crippen molar-refractivity contribution in [2.24, 2.45) is 5.92 Å². The predicted octanol–water partition coefficient (Wildman–Crippen LogP) is 3.19. The predicted molar refractivity (Wildman–Crippen MR) is 90.2 cm³/mol. The first-order valence-corrected chi connectivity index (χ1v) is 8.63. The van der Waals surface area contributed by atoms with Gasteiger partial charge < -0.3 is 14.2 Å². The van der Waals surface area contributed by atoms with Gasteiger partial charge in [0.2, 0.25) is 0 Å². The lowest BCUT2D eigenvalue weighted by atomic mass is 9.95. The SMILES string of the molecule is C=C(CC(CCC(=O)OCCC)C(=O)OCCC)C(=O)OCCC. The Balaban J connectivity index is 4.62. The van der Waals surface area contributed by atoms with Crippen LogP contribution in [-0.2, 0) is 28.6 Å². The molecule has 0 bridgehead atoms. The van der Waals surface area contributed by atoms with Gasteiger partial charge in [-0.15, -0.1) is 0 Å². The topological polar surface area (TPSA) is 78.9 Å². The largest absolute Gasteiger partial charge is 0.466 e. The van der Waals surface area contributed by atoms with Crippen molar-refractivity contribution in [3.63, 3.8) is 0 Å². The van der Waals surface area contributed by atoms with Gasteiger partial charge in [-0.05, 0) is 32.1 Å². The van der Waals surface area contributed by atoms with Gasteiger partial charge in [-0.3, -0.25) is 9.59 Å². The van der Waals surface area contributed by atoms with Crippen LogP contribution in [0.5, 0.6) is 0 Å². The van der Waals surface area contributed by atoms with E-state index < -0.39 is 17.9 Å². The molecule has 0 aliphatic carbocycles. The second-order valence-corrected chi connectivity index (χ2v) is 5.57. The van der Waals surface area contributed by atoms with E-state index in [2.05, 4.69) is 6.58 Å². The Morgan fingerprint density at radius 1 is 0.875 bits per heavy atom. The van der Waals surface area contributed by atoms with E-state index in [0.29, 0.717) is 32.7 Å². The summed E-state index contributed by atoms with van der Waals surface area (Å²) in [7, 11) is 0. The Labute approximate surface area is 144 Å². The van der Waals surface area contributed by atoms with E-state index in [-0.39, 0.29) is 30.8 Å². The molecule has 0 aromatic rings. The number of hydrogen-bond acceptors (Lipinski definition) is 6. The molecule has 0 saturated carbocycles. The maximum atomic E-state index is 12.1. The Bertz CT molecular complexity index is 416. The Morgan fingerprint density at radius 2 is 1.42 bits per heavy atom. The first-order valence-electron chi connectivity index (χ1n) is 8.63. The fourth-order valence-electron chi connectivity index (χ4n) is 1.88. The number of rotatable bonds is 13. The average Bonchev–Trinajstić information content (AvgIpc) is 2.58. The smallest absolute Gasteiger partial charge is 0.333 e. The first-order chi connectivity index (χ1) is 11.5. The minimum atomic E-state index is -0.604. The van der Waals surface area contributed by atoms with E-state index >= 15 is 0 Å². The fraction of sp³-hybridized carbons (Fsp3) is 0.722. The van der Waals surface area contributed by atoms with E-state index in [0.717, 1.165) is 6.42 Å². The van der Waals surface area contributed by atoms with E-state index in [4.69, 9.17) is 14.2 Å². The lowest BCUT2D eigenvalue weighted by Gasteiger charge is -2.16. The quantitative estimate of drug-likeness (QED) is 0.290. The van der Waals surface area contributed by atoms with Crippen LogP contribution in [0.25, 0.3) is 0 Å². The van der Waals surface area contributed by atoms with Crippen molar-refractivity contribution in [2.45, 2.75) is 59.3 Å². The summed E-state index contributed by atoms with van der Waals surface area (Å²) in [6, 6.07) is 0. The van der Waals surface area contributed by atoms with Gasteiger partial charge in [0.15, 0.2) is 0 Å². The van der Waals surface area contributed by atoms with Gasteiger partial charge >= 0.3 is 17.9 Å². The summed E-state index contributed by atoms with van der Waals surface area (Å²) in [5.74, 6) is -1.90. The van der Waals surface area contributed by atoms with Crippen LogP contribution in [0.4, 0.5) is 0 Å². The van der Waals surface area contributed by atoms with Crippen LogP contribution in [-0.4, -0.2) is 37.7 Å². The number of carbonyl (C=O) groups excluding carboxylic acids is 3. The van der Waals surface area contributed by atoms with Gasteiger partial charge in [-0.25, -0.2) is 4.79 Å². The minimum Gasteiger partial charge on any atom is -0.466 e. The normalized spacial score (nSPS) is 11.5. The van der Waals surface area contributed by atoms with E-state index in [1.165, 1.54) is 0 Å². The molecular formula is C18H30O6. The molecule has 6 nitrogen and oxygen atoms in total. The first kappa shape index (κ1) is 22.1. The average molecular weight is 342 g/mol. The van der Waals surface area contributed by atoms with E-state index in [1.54, 1.807) is 0 Å². The Kier molecular flexibility index (Phi) is 12.5. The molecule has 0 radical (unpaired) electrons. The molecule has 0 heterocycles. The highest BCUT2D eigenvalue weighted by Crippen LogP contribution is 2.20. The second kappa shape index (κ2) is 13.6. The maximum Gasteiger partial charge on any atom is 0.333 e. The highest BCUT2D eigenvalue weighted by Gasteiger charge is 2.25. The fourth-order valence-corrected chi connectivity index (χ4v) is 1.88. The van der Waals surface area contributed by atoms with Crippen molar-refractivity contribution in [1.82, 2.24) is 0 Å². The van der Waals surface area contributed by atoms with Crippen LogP contribution >= 0.6 is 0 Å². The summed E-state index contributed by atoms with van der Waals surface area (Å²) < 4.78 is 15.2. The van der Waals surface area contributed by atoms with Crippen LogP contribution in [0.1, 0.15) is 59.3 Å². The van der Waals surface area contributed by atoms with Crippen LogP contribution in [0.3, 0.4) is 0 Å². The zero-order valence-electron chi connectivity index (χ0n) is 15.1. The third kappa shape index (κ3) is 10.0. The lowest BCUT2D eigenvalue weighted by molar-refractivity contribution is -0.150. The van der Waals surface area contributed by atoms with Gasteiger partial charge in [-0.1, -0.05) is 27.4 Å². The second-order valence-electron chi connectivity index (χ2n) is 5.57. The van der Waals surface area contributed by atoms with Gasteiger partial charge in [0.05, 0.1) is 25.7 Å². The van der Waals surface area contributed by atoms with Crippen molar-refractivity contribution in [3.05, 3.63) is 12.2 Å². The summed E-state index contributed by atoms with van der Waals surface area (Å²) in [6.45, 7) is 10.4. The van der Waals surface area contributed by atoms with Crippen LogP contribution in [0.2, 0.25) is 0 Å².